The van der Waals surface area contributed by atoms with Crippen molar-refractivity contribution in [3.63, 3.8) is 0 Å². The second-order valence-corrected chi connectivity index (χ2v) is 17.7. The summed E-state index contributed by atoms with van der Waals surface area (Å²) in [5.41, 5.74) is 3.26. The van der Waals surface area contributed by atoms with Gasteiger partial charge in [0.15, 0.2) is 11.6 Å². The van der Waals surface area contributed by atoms with Crippen molar-refractivity contribution >= 4 is 127 Å². The molecule has 0 spiro atoms. The van der Waals surface area contributed by atoms with Gasteiger partial charge < -0.3 is 30.7 Å². The number of carbonyl (C=O) groups excluding carboxylic acids is 6. The number of benzene rings is 5. The molecule has 0 radical (unpaired) electrons. The van der Waals surface area contributed by atoms with Crippen LogP contribution in [0.2, 0.25) is 10.0 Å². The fraction of sp³-hybridized carbons (Fsp3) is 0.250. The van der Waals surface area contributed by atoms with Crippen molar-refractivity contribution in [2.45, 2.75) is 57.0 Å². The second-order valence-electron chi connectivity index (χ2n) is 15.1. The van der Waals surface area contributed by atoms with Gasteiger partial charge in [-0.3, -0.25) is 28.8 Å². The van der Waals surface area contributed by atoms with Crippen LogP contribution in [0.3, 0.4) is 0 Å². The number of nitrogens with one attached hydrogen (secondary N) is 4. The van der Waals surface area contributed by atoms with E-state index in [1.54, 1.807) is 50.2 Å². The maximum Gasteiger partial charge on any atom is 0.258 e. The molecular formula is C48H45Cl5N8O8. The molecule has 5 rings (SSSR count). The van der Waals surface area contributed by atoms with Gasteiger partial charge in [-0.15, -0.1) is 34.8 Å². The van der Waals surface area contributed by atoms with Gasteiger partial charge in [0.1, 0.15) is 11.5 Å². The SMILES string of the molecule is COc1cccc(NC(=O)c2cc(Cl)cc(N=NC(C(C)=O)C(=O)Nc3ccc(NC(=O)C(N=Nc4cc(Cl)cc(C(=O)Nc5cccc(OC)c5C(C)Cl)c4)C(C)=O)c(CCCl)c3)c2)c1C(C)Cl. The number of nitrogens with zero attached hydrogens (tertiary/aromatic N) is 4. The van der Waals surface area contributed by atoms with E-state index in [2.05, 4.69) is 41.7 Å². The number of methoxy groups -OCH3 is 2. The molecular weight excluding hydrogens is 994 g/mol. The molecule has 4 amide bonds. The first kappa shape index (κ1) is 53.5. The number of alkyl halides is 3. The van der Waals surface area contributed by atoms with Gasteiger partial charge in [-0.25, -0.2) is 0 Å². The standard InChI is InChI=1S/C48H45Cl5N8O8/c1-24(50)41-37(9-7-11-39(41)68-5)56-45(64)29-17-31(52)22-34(20-29)58-60-43(26(3)62)47(66)54-33-13-14-36(28(19-33)15-16-49)55-48(67)44(27(4)63)61-59-35-21-30(18-32(53)23-35)46(65)57-38-10-8-12-40(69-6)42(38)25(2)51/h7-14,17-25,43-44H,15-16H2,1-6H3,(H,54,66)(H,55,67)(H,56,64)(H,57,65). The van der Waals surface area contributed by atoms with Gasteiger partial charge in [-0.1, -0.05) is 35.3 Å². The van der Waals surface area contributed by atoms with Crippen molar-refractivity contribution in [2.24, 2.45) is 20.5 Å². The lowest BCUT2D eigenvalue weighted by Crippen LogP contribution is -2.32. The highest BCUT2D eigenvalue weighted by Crippen LogP contribution is 2.38. The fourth-order valence-corrected chi connectivity index (χ4v) is 7.91. The van der Waals surface area contributed by atoms with Crippen molar-refractivity contribution in [1.29, 1.82) is 0 Å². The Kier molecular flexibility index (Phi) is 19.2. The molecule has 0 aliphatic carbocycles. The molecule has 4 unspecified atom stereocenters. The van der Waals surface area contributed by atoms with E-state index in [1.807, 2.05) is 0 Å². The third kappa shape index (κ3) is 14.3. The van der Waals surface area contributed by atoms with E-state index in [9.17, 15) is 28.8 Å². The summed E-state index contributed by atoms with van der Waals surface area (Å²) >= 11 is 31.6. The van der Waals surface area contributed by atoms with Crippen molar-refractivity contribution in [3.05, 3.63) is 129 Å². The average molecular weight is 1040 g/mol. The predicted molar refractivity (Wildman–Crippen MR) is 269 cm³/mol. The molecule has 360 valence electrons. The van der Waals surface area contributed by atoms with Gasteiger partial charge in [0.2, 0.25) is 12.1 Å². The van der Waals surface area contributed by atoms with Crippen LogP contribution in [-0.2, 0) is 25.6 Å². The van der Waals surface area contributed by atoms with Crippen LogP contribution < -0.4 is 30.7 Å². The summed E-state index contributed by atoms with van der Waals surface area (Å²) in [4.78, 5) is 79.2. The van der Waals surface area contributed by atoms with Crippen molar-refractivity contribution in [2.75, 3.05) is 41.4 Å². The third-order valence-corrected chi connectivity index (χ3v) is 11.1. The Morgan fingerprint density at radius 2 is 1.03 bits per heavy atom. The summed E-state index contributed by atoms with van der Waals surface area (Å²) in [6, 6.07) is 19.8. The Balaban J connectivity index is 1.29. The van der Waals surface area contributed by atoms with Crippen LogP contribution in [0.5, 0.6) is 11.5 Å². The average Bonchev–Trinajstić information content (AvgIpc) is 3.29. The zero-order valence-electron chi connectivity index (χ0n) is 37.8. The van der Waals surface area contributed by atoms with Crippen LogP contribution in [0, 0.1) is 0 Å². The van der Waals surface area contributed by atoms with Crippen LogP contribution in [-0.4, -0.2) is 67.4 Å². The van der Waals surface area contributed by atoms with Gasteiger partial charge in [0.25, 0.3) is 23.6 Å². The number of halogens is 5. The minimum Gasteiger partial charge on any atom is -0.496 e. The molecule has 69 heavy (non-hydrogen) atoms. The van der Waals surface area contributed by atoms with Crippen LogP contribution in [0.4, 0.5) is 34.1 Å². The smallest absolute Gasteiger partial charge is 0.258 e. The molecule has 4 atom stereocenters. The molecule has 5 aromatic carbocycles. The monoisotopic (exact) mass is 1040 g/mol. The van der Waals surface area contributed by atoms with Gasteiger partial charge in [-0.2, -0.15) is 20.5 Å². The van der Waals surface area contributed by atoms with Gasteiger partial charge in [0.05, 0.1) is 36.3 Å². The van der Waals surface area contributed by atoms with E-state index in [1.165, 1.54) is 68.8 Å². The lowest BCUT2D eigenvalue weighted by atomic mass is 10.1. The van der Waals surface area contributed by atoms with E-state index in [0.717, 1.165) is 13.8 Å². The molecule has 5 aromatic rings. The number of aryl methyl sites for hydroxylation is 1. The molecule has 0 aromatic heterocycles. The van der Waals surface area contributed by atoms with Crippen LogP contribution >= 0.6 is 58.0 Å². The highest BCUT2D eigenvalue weighted by Gasteiger charge is 2.27. The number of Topliss-reactive ketones (excluding diaryl/α,β-unsaturated/α-hetero) is 2. The Morgan fingerprint density at radius 1 is 0.580 bits per heavy atom. The molecule has 21 heteroatoms. The number of hydrogen-bond donors (Lipinski definition) is 4. The number of ether oxygens (including phenoxy) is 2. The summed E-state index contributed by atoms with van der Waals surface area (Å²) in [7, 11) is 2.98. The maximum absolute atomic E-state index is 13.6. The molecule has 0 heterocycles. The molecule has 16 nitrogen and oxygen atoms in total. The Labute approximate surface area is 422 Å². The molecule has 0 fully saturated rings. The quantitative estimate of drug-likeness (QED) is 0.0333. The van der Waals surface area contributed by atoms with Crippen LogP contribution in [0.25, 0.3) is 0 Å². The summed E-state index contributed by atoms with van der Waals surface area (Å²) in [5, 5.41) is 26.3. The summed E-state index contributed by atoms with van der Waals surface area (Å²) < 4.78 is 10.8. The number of ketones is 2. The van der Waals surface area contributed by atoms with Crippen molar-refractivity contribution in [3.8, 4) is 11.5 Å². The first-order valence-electron chi connectivity index (χ1n) is 20.8. The Bertz CT molecular complexity index is 2840. The summed E-state index contributed by atoms with van der Waals surface area (Å²) in [5.74, 6) is -3.00. The van der Waals surface area contributed by atoms with E-state index < -0.39 is 58.0 Å². The molecule has 0 aliphatic heterocycles. The first-order valence-corrected chi connectivity index (χ1v) is 23.0. The Morgan fingerprint density at radius 3 is 1.43 bits per heavy atom. The minimum atomic E-state index is -1.62. The predicted octanol–water partition coefficient (Wildman–Crippen LogP) is 12.3. The van der Waals surface area contributed by atoms with Crippen molar-refractivity contribution < 1.29 is 38.2 Å². The highest BCUT2D eigenvalue weighted by molar-refractivity contribution is 6.32. The number of azo groups is 2. The lowest BCUT2D eigenvalue weighted by Gasteiger charge is -2.16. The molecule has 0 saturated heterocycles. The first-order chi connectivity index (χ1) is 32.8. The highest BCUT2D eigenvalue weighted by atomic mass is 35.5. The number of carbonyl (C=O) groups is 6. The number of rotatable bonds is 20. The summed E-state index contributed by atoms with van der Waals surface area (Å²) in [6.45, 7) is 5.80. The second kappa shape index (κ2) is 24.7. The third-order valence-electron chi connectivity index (χ3n) is 9.99. The number of amides is 4. The zero-order chi connectivity index (χ0) is 50.5. The number of anilines is 4. The van der Waals surface area contributed by atoms with E-state index in [-0.39, 0.29) is 56.2 Å². The normalized spacial score (nSPS) is 13.0. The van der Waals surface area contributed by atoms with Gasteiger partial charge in [0, 0.05) is 60.9 Å². The maximum atomic E-state index is 13.6. The Hall–Kier alpha value is -6.43. The largest absolute Gasteiger partial charge is 0.496 e. The van der Waals surface area contributed by atoms with Crippen LogP contribution in [0.1, 0.15) is 75.9 Å². The topological polar surface area (TPSA) is 218 Å². The molecule has 0 bridgehead atoms. The lowest BCUT2D eigenvalue weighted by molar-refractivity contribution is -0.127. The fourth-order valence-electron chi connectivity index (χ4n) is 6.80. The van der Waals surface area contributed by atoms with E-state index in [4.69, 9.17) is 67.5 Å². The number of hydrogen-bond acceptors (Lipinski definition) is 12. The van der Waals surface area contributed by atoms with Gasteiger partial charge in [-0.05, 0) is 119 Å². The molecule has 4 N–H and O–H groups in total. The summed E-state index contributed by atoms with van der Waals surface area (Å²) in [6.07, 6.45) is 0.201. The van der Waals surface area contributed by atoms with Gasteiger partial charge >= 0.3 is 0 Å². The minimum absolute atomic E-state index is 0.0797. The van der Waals surface area contributed by atoms with Crippen LogP contribution in [0.15, 0.2) is 111 Å². The zero-order valence-corrected chi connectivity index (χ0v) is 41.6. The van der Waals surface area contributed by atoms with E-state index in [0.29, 0.717) is 39.6 Å². The van der Waals surface area contributed by atoms with Crippen molar-refractivity contribution in [1.82, 2.24) is 0 Å². The molecule has 0 saturated carbocycles. The van der Waals surface area contributed by atoms with E-state index >= 15 is 0 Å². The molecule has 0 aliphatic rings.